The van der Waals surface area contributed by atoms with Crippen LogP contribution in [-0.4, -0.2) is 8.07 Å². The zero-order valence-corrected chi connectivity index (χ0v) is 14.4. The van der Waals surface area contributed by atoms with Gasteiger partial charge in [-0.05, 0) is 28.6 Å². The normalized spacial score (nSPS) is 11.5. The molecule has 0 saturated heterocycles. The van der Waals surface area contributed by atoms with Crippen LogP contribution in [0.3, 0.4) is 0 Å². The summed E-state index contributed by atoms with van der Waals surface area (Å²) in [6, 6.07) is 25.4. The number of rotatable bonds is 4. The number of benzene rings is 2. The van der Waals surface area contributed by atoms with Gasteiger partial charge in [-0.2, -0.15) is 0 Å². The molecule has 0 fully saturated rings. The lowest BCUT2D eigenvalue weighted by Crippen LogP contribution is -2.43. The quantitative estimate of drug-likeness (QED) is 0.587. The lowest BCUT2D eigenvalue weighted by atomic mass is 10.1. The van der Waals surface area contributed by atoms with Crippen molar-refractivity contribution in [3.8, 4) is 11.1 Å². The van der Waals surface area contributed by atoms with E-state index in [2.05, 4.69) is 85.2 Å². The molecule has 3 aromatic rings. The Morgan fingerprint density at radius 3 is 2.29 bits per heavy atom. The van der Waals surface area contributed by atoms with Gasteiger partial charge in [0.05, 0.1) is 8.07 Å². The molecule has 0 radical (unpaired) electrons. The highest BCUT2D eigenvalue weighted by molar-refractivity contribution is 7.10. The highest BCUT2D eigenvalue weighted by Gasteiger charge is 2.24. The van der Waals surface area contributed by atoms with Crippen molar-refractivity contribution in [3.63, 3.8) is 0 Å². The summed E-state index contributed by atoms with van der Waals surface area (Å²) in [5.74, 6) is 0. The van der Waals surface area contributed by atoms with E-state index in [1.807, 2.05) is 11.3 Å². The summed E-state index contributed by atoms with van der Waals surface area (Å²) >= 11 is 1.88. The van der Waals surface area contributed by atoms with E-state index in [0.29, 0.717) is 0 Å². The Morgan fingerprint density at radius 1 is 0.810 bits per heavy atom. The molecule has 1 aromatic heterocycles. The lowest BCUT2D eigenvalue weighted by molar-refractivity contribution is 1.40. The standard InChI is InChI=1S/C19H20SSi/c1-21(2,15-18-11-7-13-20-18)19-12-6-10-17(14-19)16-8-4-3-5-9-16/h3-14H,15H2,1-2H3. The van der Waals surface area contributed by atoms with Crippen LogP contribution in [0.2, 0.25) is 13.1 Å². The second-order valence-corrected chi connectivity index (χ2v) is 11.8. The third-order valence-electron chi connectivity index (χ3n) is 3.95. The van der Waals surface area contributed by atoms with Gasteiger partial charge in [0.1, 0.15) is 0 Å². The highest BCUT2D eigenvalue weighted by atomic mass is 32.1. The fraction of sp³-hybridized carbons (Fsp3) is 0.158. The summed E-state index contributed by atoms with van der Waals surface area (Å²) in [7, 11) is -1.44. The Morgan fingerprint density at radius 2 is 1.57 bits per heavy atom. The van der Waals surface area contributed by atoms with Gasteiger partial charge in [-0.25, -0.2) is 0 Å². The third-order valence-corrected chi connectivity index (χ3v) is 8.22. The van der Waals surface area contributed by atoms with Crippen molar-refractivity contribution in [2.24, 2.45) is 0 Å². The van der Waals surface area contributed by atoms with Crippen LogP contribution in [0.5, 0.6) is 0 Å². The van der Waals surface area contributed by atoms with Crippen molar-refractivity contribution in [2.75, 3.05) is 0 Å². The van der Waals surface area contributed by atoms with Crippen LogP contribution >= 0.6 is 11.3 Å². The molecule has 0 unspecified atom stereocenters. The van der Waals surface area contributed by atoms with E-state index >= 15 is 0 Å². The summed E-state index contributed by atoms with van der Waals surface area (Å²) in [4.78, 5) is 1.51. The van der Waals surface area contributed by atoms with Crippen molar-refractivity contribution in [2.45, 2.75) is 19.1 Å². The molecule has 0 spiro atoms. The lowest BCUT2D eigenvalue weighted by Gasteiger charge is -2.23. The molecule has 0 aliphatic heterocycles. The van der Waals surface area contributed by atoms with Gasteiger partial charge >= 0.3 is 0 Å². The first-order chi connectivity index (χ1) is 10.1. The first-order valence-corrected chi connectivity index (χ1v) is 11.4. The topological polar surface area (TPSA) is 0 Å². The zero-order valence-electron chi connectivity index (χ0n) is 12.5. The Kier molecular flexibility index (Phi) is 4.09. The van der Waals surface area contributed by atoms with Crippen LogP contribution in [0.4, 0.5) is 0 Å². The number of thiophene rings is 1. The first kappa shape index (κ1) is 14.3. The average molecular weight is 309 g/mol. The smallest absolute Gasteiger partial charge is 0.0857 e. The SMILES string of the molecule is C[Si](C)(Cc1cccs1)c1cccc(-c2ccccc2)c1. The first-order valence-electron chi connectivity index (χ1n) is 7.33. The van der Waals surface area contributed by atoms with Gasteiger partial charge in [0, 0.05) is 4.88 Å². The average Bonchev–Trinajstić information content (AvgIpc) is 3.00. The van der Waals surface area contributed by atoms with Crippen LogP contribution in [0.15, 0.2) is 72.1 Å². The van der Waals surface area contributed by atoms with Crippen molar-refractivity contribution in [3.05, 3.63) is 77.0 Å². The fourth-order valence-corrected chi connectivity index (χ4v) is 6.89. The molecule has 1 heterocycles. The highest BCUT2D eigenvalue weighted by Crippen LogP contribution is 2.21. The van der Waals surface area contributed by atoms with Gasteiger partial charge in [0.2, 0.25) is 0 Å². The maximum absolute atomic E-state index is 2.47. The van der Waals surface area contributed by atoms with E-state index in [1.165, 1.54) is 27.2 Å². The summed E-state index contributed by atoms with van der Waals surface area (Å²) in [6.45, 7) is 4.94. The van der Waals surface area contributed by atoms with Crippen molar-refractivity contribution < 1.29 is 0 Å². The summed E-state index contributed by atoms with van der Waals surface area (Å²) in [5.41, 5.74) is 2.64. The molecular formula is C19H20SSi. The van der Waals surface area contributed by atoms with E-state index in [9.17, 15) is 0 Å². The zero-order chi connectivity index (χ0) is 14.7. The molecule has 0 nitrogen and oxygen atoms in total. The molecule has 0 aliphatic carbocycles. The van der Waals surface area contributed by atoms with E-state index in [1.54, 1.807) is 0 Å². The molecule has 106 valence electrons. The minimum absolute atomic E-state index is 1.23. The number of hydrogen-bond acceptors (Lipinski definition) is 1. The molecule has 0 amide bonds. The van der Waals surface area contributed by atoms with Crippen molar-refractivity contribution in [1.29, 1.82) is 0 Å². The molecule has 0 N–H and O–H groups in total. The van der Waals surface area contributed by atoms with Crippen LogP contribution in [0, 0.1) is 0 Å². The second-order valence-electron chi connectivity index (χ2n) is 6.09. The Balaban J connectivity index is 1.92. The fourth-order valence-electron chi connectivity index (χ4n) is 2.70. The van der Waals surface area contributed by atoms with Gasteiger partial charge in [-0.1, -0.05) is 78.9 Å². The minimum atomic E-state index is -1.44. The predicted molar refractivity (Wildman–Crippen MR) is 97.0 cm³/mol. The maximum Gasteiger partial charge on any atom is 0.0857 e. The summed E-state index contributed by atoms with van der Waals surface area (Å²) in [6.07, 6.45) is 0. The molecule has 0 saturated carbocycles. The van der Waals surface area contributed by atoms with Crippen molar-refractivity contribution >= 4 is 24.6 Å². The van der Waals surface area contributed by atoms with Gasteiger partial charge in [-0.15, -0.1) is 11.3 Å². The van der Waals surface area contributed by atoms with E-state index < -0.39 is 8.07 Å². The Hall–Kier alpha value is -1.64. The molecular weight excluding hydrogens is 288 g/mol. The molecule has 2 heteroatoms. The molecule has 0 atom stereocenters. The van der Waals surface area contributed by atoms with Gasteiger partial charge in [-0.3, -0.25) is 0 Å². The molecule has 0 bridgehead atoms. The third kappa shape index (κ3) is 3.34. The van der Waals surface area contributed by atoms with E-state index in [0.717, 1.165) is 0 Å². The number of hydrogen-bond donors (Lipinski definition) is 0. The van der Waals surface area contributed by atoms with E-state index in [4.69, 9.17) is 0 Å². The van der Waals surface area contributed by atoms with Crippen LogP contribution < -0.4 is 5.19 Å². The molecule has 0 aliphatic rings. The van der Waals surface area contributed by atoms with Crippen LogP contribution in [0.25, 0.3) is 11.1 Å². The Labute approximate surface area is 132 Å². The second kappa shape index (κ2) is 6.00. The van der Waals surface area contributed by atoms with Gasteiger partial charge < -0.3 is 0 Å². The largest absolute Gasteiger partial charge is 0.149 e. The minimum Gasteiger partial charge on any atom is -0.149 e. The maximum atomic E-state index is 2.47. The summed E-state index contributed by atoms with van der Waals surface area (Å²) < 4.78 is 0. The Bertz CT molecular complexity index is 699. The van der Waals surface area contributed by atoms with Crippen molar-refractivity contribution in [1.82, 2.24) is 0 Å². The van der Waals surface area contributed by atoms with Crippen LogP contribution in [-0.2, 0) is 6.04 Å². The monoisotopic (exact) mass is 308 g/mol. The summed E-state index contributed by atoms with van der Waals surface area (Å²) in [5, 5.41) is 3.72. The molecule has 2 aromatic carbocycles. The predicted octanol–water partition coefficient (Wildman–Crippen LogP) is 5.11. The van der Waals surface area contributed by atoms with Gasteiger partial charge in [0.25, 0.3) is 0 Å². The molecule has 21 heavy (non-hydrogen) atoms. The van der Waals surface area contributed by atoms with Crippen LogP contribution in [0.1, 0.15) is 4.88 Å². The molecule has 3 rings (SSSR count). The van der Waals surface area contributed by atoms with E-state index in [-0.39, 0.29) is 0 Å². The van der Waals surface area contributed by atoms with Gasteiger partial charge in [0.15, 0.2) is 0 Å².